The quantitative estimate of drug-likeness (QED) is 0.722. The Bertz CT molecular complexity index is 592. The molecule has 3 N–H and O–H groups in total. The van der Waals surface area contributed by atoms with Crippen LogP contribution in [0.3, 0.4) is 0 Å². The number of aromatic nitrogens is 2. The molecule has 2 heterocycles. The van der Waals surface area contributed by atoms with Gasteiger partial charge in [-0.05, 0) is 6.92 Å². The Morgan fingerprint density at radius 1 is 1.58 bits per heavy atom. The summed E-state index contributed by atoms with van der Waals surface area (Å²) in [5.74, 6) is 0. The number of hydrogen-bond donors (Lipinski definition) is 3. The lowest BCUT2D eigenvalue weighted by Gasteiger charge is -2.13. The number of aliphatic hydroxyl groups is 2. The van der Waals surface area contributed by atoms with E-state index < -0.39 is 17.4 Å². The van der Waals surface area contributed by atoms with E-state index in [9.17, 15) is 14.7 Å². The van der Waals surface area contributed by atoms with E-state index in [0.717, 1.165) is 0 Å². The monoisotopic (exact) mass is 284 g/mol. The molecule has 1 unspecified atom stereocenters. The number of aliphatic hydroxyl groups excluding tert-OH is 2. The van der Waals surface area contributed by atoms with Crippen molar-refractivity contribution in [3.8, 4) is 0 Å². The van der Waals surface area contributed by atoms with Crippen LogP contribution in [-0.2, 0) is 0 Å². The summed E-state index contributed by atoms with van der Waals surface area (Å²) in [6.07, 6.45) is 4.55. The number of allylic oxidation sites excluding steroid dienone is 1. The second kappa shape index (κ2) is 5.77. The summed E-state index contributed by atoms with van der Waals surface area (Å²) in [4.78, 5) is 25.6. The van der Waals surface area contributed by atoms with E-state index in [2.05, 4.69) is 4.98 Å². The van der Waals surface area contributed by atoms with Crippen molar-refractivity contribution in [1.82, 2.24) is 9.55 Å². The predicted octanol–water partition coefficient (Wildman–Crippen LogP) is -0.0730. The molecule has 0 saturated carbocycles. The van der Waals surface area contributed by atoms with E-state index in [1.54, 1.807) is 19.1 Å². The highest BCUT2D eigenvalue weighted by Gasteiger charge is 2.34. The van der Waals surface area contributed by atoms with Crippen LogP contribution < -0.4 is 11.2 Å². The Kier molecular flexibility index (Phi) is 4.28. The van der Waals surface area contributed by atoms with E-state index in [0.29, 0.717) is 12.0 Å². The fraction of sp³-hybridized carbons (Fsp3) is 0.500. The predicted molar refractivity (Wildman–Crippen MR) is 74.2 cm³/mol. The van der Waals surface area contributed by atoms with Crippen LogP contribution in [0.2, 0.25) is 0 Å². The van der Waals surface area contributed by atoms with Crippen molar-refractivity contribution < 1.29 is 10.2 Å². The third-order valence-electron chi connectivity index (χ3n) is 3.04. The van der Waals surface area contributed by atoms with E-state index in [-0.39, 0.29) is 17.2 Å². The first-order chi connectivity index (χ1) is 9.06. The molecule has 7 heteroatoms. The van der Waals surface area contributed by atoms with Crippen LogP contribution in [0.4, 0.5) is 0 Å². The summed E-state index contributed by atoms with van der Waals surface area (Å²) in [6, 6.07) is 0. The van der Waals surface area contributed by atoms with Crippen LogP contribution in [0.1, 0.15) is 24.3 Å². The standard InChI is InChI=1S/C12H16N2O4S/c1-2-3-7-5-14(12(18)13-11(7)17)10-4-8(16)9(6-15)19-10/h2-3,5,8-10,15-16H,4,6H2,1H3,(H,13,17,18)/b3-2+/t8?,9-,10+/m1/s1. The zero-order chi connectivity index (χ0) is 14.0. The summed E-state index contributed by atoms with van der Waals surface area (Å²) in [7, 11) is 0. The molecule has 1 aromatic heterocycles. The third-order valence-corrected chi connectivity index (χ3v) is 4.58. The molecule has 1 aliphatic rings. The summed E-state index contributed by atoms with van der Waals surface area (Å²) in [5.41, 5.74) is -0.534. The number of H-pyrrole nitrogens is 1. The largest absolute Gasteiger partial charge is 0.395 e. The van der Waals surface area contributed by atoms with Crippen LogP contribution in [0.5, 0.6) is 0 Å². The van der Waals surface area contributed by atoms with Crippen molar-refractivity contribution in [3.05, 3.63) is 38.7 Å². The fourth-order valence-corrected chi connectivity index (χ4v) is 3.44. The van der Waals surface area contributed by atoms with E-state index in [4.69, 9.17) is 5.11 Å². The molecule has 1 saturated heterocycles. The van der Waals surface area contributed by atoms with Gasteiger partial charge in [-0.25, -0.2) is 4.79 Å². The Morgan fingerprint density at radius 2 is 2.32 bits per heavy atom. The molecule has 19 heavy (non-hydrogen) atoms. The van der Waals surface area contributed by atoms with Crippen molar-refractivity contribution >= 4 is 17.8 Å². The van der Waals surface area contributed by atoms with Gasteiger partial charge in [0.05, 0.1) is 28.9 Å². The maximum absolute atomic E-state index is 11.8. The minimum Gasteiger partial charge on any atom is -0.395 e. The first-order valence-electron chi connectivity index (χ1n) is 5.99. The normalized spacial score (nSPS) is 27.2. The topological polar surface area (TPSA) is 95.3 Å². The maximum atomic E-state index is 11.8. The highest BCUT2D eigenvalue weighted by Crippen LogP contribution is 2.40. The molecule has 0 amide bonds. The maximum Gasteiger partial charge on any atom is 0.329 e. The summed E-state index contributed by atoms with van der Waals surface area (Å²) >= 11 is 1.34. The fourth-order valence-electron chi connectivity index (χ4n) is 2.06. The third kappa shape index (κ3) is 2.83. The molecule has 0 aromatic carbocycles. The number of nitrogens with zero attached hydrogens (tertiary/aromatic N) is 1. The highest BCUT2D eigenvalue weighted by atomic mass is 32.2. The molecule has 0 spiro atoms. The SMILES string of the molecule is C/C=C/c1cn([C@@H]2CC(O)[C@@H](CO)S2)c(=O)[nH]c1=O. The van der Waals surface area contributed by atoms with E-state index >= 15 is 0 Å². The summed E-state index contributed by atoms with van der Waals surface area (Å²) in [6.45, 7) is 1.65. The summed E-state index contributed by atoms with van der Waals surface area (Å²) in [5, 5.41) is 18.3. The van der Waals surface area contributed by atoms with Crippen molar-refractivity contribution in [2.45, 2.75) is 30.1 Å². The average molecular weight is 284 g/mol. The number of thioether (sulfide) groups is 1. The van der Waals surface area contributed by atoms with Crippen LogP contribution >= 0.6 is 11.8 Å². The average Bonchev–Trinajstić information content (AvgIpc) is 2.74. The molecule has 104 valence electrons. The van der Waals surface area contributed by atoms with Gasteiger partial charge in [0, 0.05) is 12.6 Å². The first-order valence-corrected chi connectivity index (χ1v) is 6.93. The minimum atomic E-state index is -0.649. The molecule has 0 radical (unpaired) electrons. The molecular weight excluding hydrogens is 268 g/mol. The Balaban J connectivity index is 2.38. The smallest absolute Gasteiger partial charge is 0.329 e. The van der Waals surface area contributed by atoms with Crippen LogP contribution in [0.15, 0.2) is 21.9 Å². The van der Waals surface area contributed by atoms with Crippen molar-refractivity contribution in [2.75, 3.05) is 6.61 Å². The lowest BCUT2D eigenvalue weighted by Crippen LogP contribution is -2.32. The van der Waals surface area contributed by atoms with Gasteiger partial charge in [-0.1, -0.05) is 12.2 Å². The molecular formula is C12H16N2O4S. The van der Waals surface area contributed by atoms with Crippen LogP contribution in [0, 0.1) is 0 Å². The van der Waals surface area contributed by atoms with Crippen molar-refractivity contribution in [2.24, 2.45) is 0 Å². The molecule has 1 aromatic rings. The van der Waals surface area contributed by atoms with Crippen LogP contribution in [0.25, 0.3) is 6.08 Å². The Labute approximate surface area is 113 Å². The second-order valence-electron chi connectivity index (χ2n) is 4.37. The van der Waals surface area contributed by atoms with Gasteiger partial charge in [0.25, 0.3) is 5.56 Å². The summed E-state index contributed by atoms with van der Waals surface area (Å²) < 4.78 is 1.40. The Morgan fingerprint density at radius 3 is 2.89 bits per heavy atom. The molecule has 2 rings (SSSR count). The van der Waals surface area contributed by atoms with Gasteiger partial charge in [0.2, 0.25) is 0 Å². The number of nitrogens with one attached hydrogen (secondary N) is 1. The van der Waals surface area contributed by atoms with Gasteiger partial charge < -0.3 is 10.2 Å². The van der Waals surface area contributed by atoms with Crippen LogP contribution in [-0.4, -0.2) is 37.7 Å². The van der Waals surface area contributed by atoms with E-state index in [1.807, 2.05) is 0 Å². The molecule has 0 bridgehead atoms. The number of aromatic amines is 1. The van der Waals surface area contributed by atoms with Gasteiger partial charge in [-0.3, -0.25) is 14.3 Å². The van der Waals surface area contributed by atoms with Gasteiger partial charge >= 0.3 is 5.69 Å². The number of hydrogen-bond acceptors (Lipinski definition) is 5. The second-order valence-corrected chi connectivity index (χ2v) is 5.79. The molecule has 1 fully saturated rings. The zero-order valence-electron chi connectivity index (χ0n) is 10.4. The molecule has 0 aliphatic carbocycles. The van der Waals surface area contributed by atoms with E-state index in [1.165, 1.54) is 22.5 Å². The first kappa shape index (κ1) is 14.1. The molecule has 6 nitrogen and oxygen atoms in total. The van der Waals surface area contributed by atoms with Crippen molar-refractivity contribution in [3.63, 3.8) is 0 Å². The zero-order valence-corrected chi connectivity index (χ0v) is 11.3. The molecule has 1 aliphatic heterocycles. The minimum absolute atomic E-state index is 0.137. The molecule has 3 atom stereocenters. The van der Waals surface area contributed by atoms with Gasteiger partial charge in [0.1, 0.15) is 0 Å². The van der Waals surface area contributed by atoms with Gasteiger partial charge in [0.15, 0.2) is 0 Å². The number of rotatable bonds is 3. The Hall–Kier alpha value is -1.31. The van der Waals surface area contributed by atoms with Crippen molar-refractivity contribution in [1.29, 1.82) is 0 Å². The highest BCUT2D eigenvalue weighted by molar-refractivity contribution is 8.00. The van der Waals surface area contributed by atoms with Gasteiger partial charge in [-0.15, -0.1) is 11.8 Å². The lowest BCUT2D eigenvalue weighted by molar-refractivity contribution is 0.137. The van der Waals surface area contributed by atoms with Gasteiger partial charge in [-0.2, -0.15) is 0 Å². The lowest BCUT2D eigenvalue weighted by atomic mass is 10.2.